The summed E-state index contributed by atoms with van der Waals surface area (Å²) in [5.41, 5.74) is 0. The zero-order valence-electron chi connectivity index (χ0n) is 13.0. The van der Waals surface area contributed by atoms with Gasteiger partial charge in [-0.25, -0.2) is 0 Å². The van der Waals surface area contributed by atoms with Gasteiger partial charge in [-0.15, -0.1) is 0 Å². The van der Waals surface area contributed by atoms with Gasteiger partial charge in [-0.3, -0.25) is 4.79 Å². The maximum atomic E-state index is 11.9. The lowest BCUT2D eigenvalue weighted by molar-refractivity contribution is -0.122. The quantitative estimate of drug-likeness (QED) is 0.665. The topological polar surface area (TPSA) is 41.1 Å². The number of piperidine rings is 1. The normalized spacial score (nSPS) is 21.4. The summed E-state index contributed by atoms with van der Waals surface area (Å²) in [6.07, 6.45) is 6.82. The lowest BCUT2D eigenvalue weighted by Crippen LogP contribution is -2.35. The standard InChI is InChI=1S/C16H32N2O/c1-13(2)7-4-5-10-18-16(19)11-14(3)15-8-6-9-17-12-15/h13-15,17H,4-12H2,1-3H3,(H,18,19). The van der Waals surface area contributed by atoms with E-state index in [0.717, 1.165) is 32.0 Å². The van der Waals surface area contributed by atoms with Gasteiger partial charge in [0.1, 0.15) is 0 Å². The highest BCUT2D eigenvalue weighted by Gasteiger charge is 2.21. The van der Waals surface area contributed by atoms with Crippen molar-refractivity contribution >= 4 is 5.91 Å². The predicted octanol–water partition coefficient (Wildman–Crippen LogP) is 2.95. The highest BCUT2D eigenvalue weighted by Crippen LogP contribution is 2.22. The van der Waals surface area contributed by atoms with Crippen LogP contribution in [0.3, 0.4) is 0 Å². The third-order valence-corrected chi connectivity index (χ3v) is 4.18. The Morgan fingerprint density at radius 2 is 2.11 bits per heavy atom. The molecule has 1 amide bonds. The molecule has 0 radical (unpaired) electrons. The van der Waals surface area contributed by atoms with E-state index in [2.05, 4.69) is 31.4 Å². The van der Waals surface area contributed by atoms with E-state index in [4.69, 9.17) is 0 Å². The molecule has 3 nitrogen and oxygen atoms in total. The van der Waals surface area contributed by atoms with Gasteiger partial charge in [-0.05, 0) is 50.1 Å². The van der Waals surface area contributed by atoms with E-state index in [0.29, 0.717) is 18.3 Å². The van der Waals surface area contributed by atoms with Crippen LogP contribution in [-0.4, -0.2) is 25.5 Å². The highest BCUT2D eigenvalue weighted by atomic mass is 16.1. The zero-order valence-corrected chi connectivity index (χ0v) is 13.0. The molecule has 1 aliphatic rings. The smallest absolute Gasteiger partial charge is 0.220 e. The van der Waals surface area contributed by atoms with Gasteiger partial charge in [0.2, 0.25) is 5.91 Å². The van der Waals surface area contributed by atoms with Crippen molar-refractivity contribution in [2.24, 2.45) is 17.8 Å². The van der Waals surface area contributed by atoms with E-state index in [-0.39, 0.29) is 5.91 Å². The fourth-order valence-corrected chi connectivity index (χ4v) is 2.80. The summed E-state index contributed by atoms with van der Waals surface area (Å²) in [6, 6.07) is 0. The molecule has 2 N–H and O–H groups in total. The SMILES string of the molecule is CC(C)CCCCNC(=O)CC(C)C1CCCNC1. The fourth-order valence-electron chi connectivity index (χ4n) is 2.80. The summed E-state index contributed by atoms with van der Waals surface area (Å²) in [7, 11) is 0. The lowest BCUT2D eigenvalue weighted by atomic mass is 9.85. The van der Waals surface area contributed by atoms with E-state index < -0.39 is 0 Å². The lowest BCUT2D eigenvalue weighted by Gasteiger charge is -2.28. The summed E-state index contributed by atoms with van der Waals surface area (Å²) >= 11 is 0. The summed E-state index contributed by atoms with van der Waals surface area (Å²) in [4.78, 5) is 11.9. The third-order valence-electron chi connectivity index (χ3n) is 4.18. The monoisotopic (exact) mass is 268 g/mol. The largest absolute Gasteiger partial charge is 0.356 e. The Morgan fingerprint density at radius 1 is 1.32 bits per heavy atom. The molecule has 2 atom stereocenters. The zero-order chi connectivity index (χ0) is 14.1. The van der Waals surface area contributed by atoms with Crippen LogP contribution >= 0.6 is 0 Å². The molecule has 19 heavy (non-hydrogen) atoms. The number of unbranched alkanes of at least 4 members (excludes halogenated alkanes) is 1. The first-order valence-corrected chi connectivity index (χ1v) is 8.07. The molecule has 112 valence electrons. The van der Waals surface area contributed by atoms with Crippen LogP contribution in [0.1, 0.15) is 59.3 Å². The molecule has 0 saturated carbocycles. The number of hydrogen-bond acceptors (Lipinski definition) is 2. The van der Waals surface area contributed by atoms with Crippen molar-refractivity contribution in [1.82, 2.24) is 10.6 Å². The molecule has 1 heterocycles. The average molecular weight is 268 g/mol. The molecule has 1 rings (SSSR count). The van der Waals surface area contributed by atoms with Crippen LogP contribution < -0.4 is 10.6 Å². The molecule has 0 spiro atoms. The number of amides is 1. The average Bonchev–Trinajstić information content (AvgIpc) is 2.39. The number of nitrogens with one attached hydrogen (secondary N) is 2. The maximum Gasteiger partial charge on any atom is 0.220 e. The molecule has 3 heteroatoms. The van der Waals surface area contributed by atoms with Crippen LogP contribution in [-0.2, 0) is 4.79 Å². The van der Waals surface area contributed by atoms with E-state index >= 15 is 0 Å². The molecule has 1 saturated heterocycles. The van der Waals surface area contributed by atoms with E-state index in [1.165, 1.54) is 25.7 Å². The number of carbonyl (C=O) groups excluding carboxylic acids is 1. The summed E-state index contributed by atoms with van der Waals surface area (Å²) < 4.78 is 0. The molecule has 0 aromatic rings. The van der Waals surface area contributed by atoms with E-state index in [1.54, 1.807) is 0 Å². The fraction of sp³-hybridized carbons (Fsp3) is 0.938. The van der Waals surface area contributed by atoms with Crippen molar-refractivity contribution in [3.05, 3.63) is 0 Å². The van der Waals surface area contributed by atoms with Gasteiger partial charge >= 0.3 is 0 Å². The van der Waals surface area contributed by atoms with Crippen molar-refractivity contribution in [3.8, 4) is 0 Å². The van der Waals surface area contributed by atoms with Crippen LogP contribution in [0.5, 0.6) is 0 Å². The molecule has 0 aromatic heterocycles. The Labute approximate surface area is 118 Å². The first kappa shape index (κ1) is 16.5. The van der Waals surface area contributed by atoms with Crippen LogP contribution in [0.25, 0.3) is 0 Å². The minimum Gasteiger partial charge on any atom is -0.356 e. The second-order valence-electron chi connectivity index (χ2n) is 6.53. The van der Waals surface area contributed by atoms with Crippen molar-refractivity contribution in [1.29, 1.82) is 0 Å². The molecular weight excluding hydrogens is 236 g/mol. The first-order chi connectivity index (χ1) is 9.09. The maximum absolute atomic E-state index is 11.9. The van der Waals surface area contributed by atoms with E-state index in [1.807, 2.05) is 0 Å². The van der Waals surface area contributed by atoms with Crippen LogP contribution in [0.4, 0.5) is 0 Å². The minimum atomic E-state index is 0.239. The van der Waals surface area contributed by atoms with Crippen molar-refractivity contribution in [2.45, 2.75) is 59.3 Å². The minimum absolute atomic E-state index is 0.239. The van der Waals surface area contributed by atoms with Crippen molar-refractivity contribution in [2.75, 3.05) is 19.6 Å². The first-order valence-electron chi connectivity index (χ1n) is 8.07. The van der Waals surface area contributed by atoms with Gasteiger partial charge < -0.3 is 10.6 Å². The highest BCUT2D eigenvalue weighted by molar-refractivity contribution is 5.76. The van der Waals surface area contributed by atoms with Gasteiger partial charge in [0.05, 0.1) is 0 Å². The van der Waals surface area contributed by atoms with Crippen molar-refractivity contribution in [3.63, 3.8) is 0 Å². The second-order valence-corrected chi connectivity index (χ2v) is 6.53. The summed E-state index contributed by atoms with van der Waals surface area (Å²) in [5, 5.41) is 6.49. The van der Waals surface area contributed by atoms with Crippen LogP contribution in [0, 0.1) is 17.8 Å². The Kier molecular flexibility index (Phi) is 8.11. The molecule has 0 bridgehead atoms. The molecular formula is C16H32N2O. The summed E-state index contributed by atoms with van der Waals surface area (Å²) in [5.74, 6) is 2.20. The second kappa shape index (κ2) is 9.35. The van der Waals surface area contributed by atoms with Gasteiger partial charge in [0, 0.05) is 13.0 Å². The summed E-state index contributed by atoms with van der Waals surface area (Å²) in [6.45, 7) is 9.79. The molecule has 0 aromatic carbocycles. The van der Waals surface area contributed by atoms with E-state index in [9.17, 15) is 4.79 Å². The van der Waals surface area contributed by atoms with Gasteiger partial charge in [-0.2, -0.15) is 0 Å². The Morgan fingerprint density at radius 3 is 2.74 bits per heavy atom. The van der Waals surface area contributed by atoms with Gasteiger partial charge in [-0.1, -0.05) is 33.6 Å². The Bertz CT molecular complexity index is 247. The number of rotatable bonds is 8. The molecule has 1 fully saturated rings. The van der Waals surface area contributed by atoms with Crippen LogP contribution in [0.2, 0.25) is 0 Å². The third kappa shape index (κ3) is 7.56. The number of carbonyl (C=O) groups is 1. The number of hydrogen-bond donors (Lipinski definition) is 2. The van der Waals surface area contributed by atoms with Gasteiger partial charge in [0.15, 0.2) is 0 Å². The Hall–Kier alpha value is -0.570. The van der Waals surface area contributed by atoms with Crippen molar-refractivity contribution < 1.29 is 4.79 Å². The Balaban J connectivity index is 2.06. The molecule has 0 aliphatic carbocycles. The predicted molar refractivity (Wildman–Crippen MR) is 81.1 cm³/mol. The van der Waals surface area contributed by atoms with Gasteiger partial charge in [0.25, 0.3) is 0 Å². The van der Waals surface area contributed by atoms with Crippen LogP contribution in [0.15, 0.2) is 0 Å². The molecule has 1 aliphatic heterocycles. The molecule has 2 unspecified atom stereocenters.